The molecule has 0 aliphatic carbocycles. The van der Waals surface area contributed by atoms with Gasteiger partial charge in [0.2, 0.25) is 0 Å². The first-order valence-corrected chi connectivity index (χ1v) is 11.8. The fourth-order valence-electron chi connectivity index (χ4n) is 3.03. The van der Waals surface area contributed by atoms with Gasteiger partial charge < -0.3 is 14.2 Å². The largest absolute Gasteiger partial charge is 0.462 e. The van der Waals surface area contributed by atoms with Gasteiger partial charge in [-0.1, -0.05) is 77.9 Å². The molecule has 0 aromatic heterocycles. The van der Waals surface area contributed by atoms with E-state index < -0.39 is 17.9 Å². The molecule has 0 N–H and O–H groups in total. The van der Waals surface area contributed by atoms with E-state index in [-0.39, 0.29) is 28.2 Å². The summed E-state index contributed by atoms with van der Waals surface area (Å²) in [5, 5.41) is 0. The molecule has 1 aromatic carbocycles. The van der Waals surface area contributed by atoms with Gasteiger partial charge in [-0.15, -0.1) is 0 Å². The lowest BCUT2D eigenvalue weighted by Gasteiger charge is -2.11. The van der Waals surface area contributed by atoms with Gasteiger partial charge in [0.15, 0.2) is 0 Å². The summed E-state index contributed by atoms with van der Waals surface area (Å²) in [5.41, 5.74) is 0.521. The van der Waals surface area contributed by atoms with E-state index in [4.69, 9.17) is 14.2 Å². The zero-order valence-electron chi connectivity index (χ0n) is 20.4. The van der Waals surface area contributed by atoms with Gasteiger partial charge in [0, 0.05) is 17.2 Å². The molecule has 0 unspecified atom stereocenters. The van der Waals surface area contributed by atoms with E-state index >= 15 is 0 Å². The smallest absolute Gasteiger partial charge is 0.338 e. The van der Waals surface area contributed by atoms with E-state index in [1.54, 1.807) is 0 Å². The lowest BCUT2D eigenvalue weighted by Crippen LogP contribution is -2.12. The van der Waals surface area contributed by atoms with E-state index in [9.17, 15) is 14.4 Å². The highest BCUT2D eigenvalue weighted by atomic mass is 16.5. The lowest BCUT2D eigenvalue weighted by molar-refractivity contribution is -0.130. The van der Waals surface area contributed by atoms with Crippen molar-refractivity contribution in [2.75, 3.05) is 6.61 Å². The predicted octanol–water partition coefficient (Wildman–Crippen LogP) is 6.73. The standard InChI is InChI=1S/C27H38O6/c1-6-7-8-9-10-11-12-13-14-15-16-31-27(30)22-17-23(32-25(28)20(2)3)19-24(18-22)33-26(29)21(4)5/h17-19H,2,4,6-16H2,1,3,5H3. The molecule has 182 valence electrons. The van der Waals surface area contributed by atoms with Crippen LogP contribution in [-0.4, -0.2) is 24.5 Å². The van der Waals surface area contributed by atoms with Crippen LogP contribution < -0.4 is 9.47 Å². The van der Waals surface area contributed by atoms with Crippen LogP contribution in [0.3, 0.4) is 0 Å². The molecule has 1 aromatic rings. The maximum atomic E-state index is 12.5. The summed E-state index contributed by atoms with van der Waals surface area (Å²) in [6, 6.07) is 4.10. The average Bonchev–Trinajstić information content (AvgIpc) is 2.76. The van der Waals surface area contributed by atoms with Crippen molar-refractivity contribution in [1.29, 1.82) is 0 Å². The van der Waals surface area contributed by atoms with E-state index in [0.29, 0.717) is 6.61 Å². The summed E-state index contributed by atoms with van der Waals surface area (Å²) in [6.07, 6.45) is 11.9. The second-order valence-electron chi connectivity index (χ2n) is 8.35. The molecule has 6 heteroatoms. The van der Waals surface area contributed by atoms with Crippen molar-refractivity contribution in [3.8, 4) is 11.5 Å². The van der Waals surface area contributed by atoms with Crippen molar-refractivity contribution in [3.63, 3.8) is 0 Å². The quantitative estimate of drug-likeness (QED) is 0.118. The number of unbranched alkanes of at least 4 members (excludes halogenated alkanes) is 9. The molecule has 0 amide bonds. The van der Waals surface area contributed by atoms with Crippen LogP contribution in [0.25, 0.3) is 0 Å². The zero-order valence-corrected chi connectivity index (χ0v) is 20.4. The Morgan fingerprint density at radius 3 is 1.55 bits per heavy atom. The van der Waals surface area contributed by atoms with Crippen LogP contribution in [0.1, 0.15) is 95.3 Å². The Morgan fingerprint density at radius 2 is 1.12 bits per heavy atom. The first-order chi connectivity index (χ1) is 15.7. The van der Waals surface area contributed by atoms with Gasteiger partial charge in [0.25, 0.3) is 0 Å². The molecule has 1 rings (SSSR count). The molecule has 0 spiro atoms. The van der Waals surface area contributed by atoms with Gasteiger partial charge in [0.1, 0.15) is 11.5 Å². The molecule has 6 nitrogen and oxygen atoms in total. The summed E-state index contributed by atoms with van der Waals surface area (Å²) >= 11 is 0. The minimum absolute atomic E-state index is 0.0564. The van der Waals surface area contributed by atoms with E-state index in [0.717, 1.165) is 19.3 Å². The highest BCUT2D eigenvalue weighted by Crippen LogP contribution is 2.25. The summed E-state index contributed by atoms with van der Waals surface area (Å²) in [5.74, 6) is -1.76. The summed E-state index contributed by atoms with van der Waals surface area (Å²) in [4.78, 5) is 36.2. The van der Waals surface area contributed by atoms with Crippen LogP contribution in [0, 0.1) is 0 Å². The van der Waals surface area contributed by atoms with Crippen molar-refractivity contribution in [2.24, 2.45) is 0 Å². The third-order valence-electron chi connectivity index (χ3n) is 4.96. The second-order valence-corrected chi connectivity index (χ2v) is 8.35. The van der Waals surface area contributed by atoms with Crippen molar-refractivity contribution >= 4 is 17.9 Å². The maximum absolute atomic E-state index is 12.5. The Balaban J connectivity index is 2.56. The van der Waals surface area contributed by atoms with Gasteiger partial charge in [-0.2, -0.15) is 0 Å². The number of carbonyl (C=O) groups is 3. The van der Waals surface area contributed by atoms with Crippen LogP contribution in [0.2, 0.25) is 0 Å². The summed E-state index contributed by atoms with van der Waals surface area (Å²) < 4.78 is 15.8. The predicted molar refractivity (Wildman–Crippen MR) is 129 cm³/mol. The van der Waals surface area contributed by atoms with Crippen LogP contribution in [-0.2, 0) is 14.3 Å². The summed E-state index contributed by atoms with van der Waals surface area (Å²) in [7, 11) is 0. The summed E-state index contributed by atoms with van der Waals surface area (Å²) in [6.45, 7) is 12.6. The van der Waals surface area contributed by atoms with Crippen LogP contribution in [0.15, 0.2) is 42.5 Å². The molecule has 0 atom stereocenters. The normalized spacial score (nSPS) is 10.4. The SMILES string of the molecule is C=C(C)C(=O)Oc1cc(OC(=O)C(=C)C)cc(C(=O)OCCCCCCCCCCCC)c1. The minimum Gasteiger partial charge on any atom is -0.462 e. The molecule has 0 heterocycles. The number of hydrogen-bond acceptors (Lipinski definition) is 6. The molecule has 0 saturated carbocycles. The van der Waals surface area contributed by atoms with Crippen LogP contribution in [0.4, 0.5) is 0 Å². The molecular weight excluding hydrogens is 420 g/mol. The monoisotopic (exact) mass is 458 g/mol. The first-order valence-electron chi connectivity index (χ1n) is 11.8. The molecule has 33 heavy (non-hydrogen) atoms. The van der Waals surface area contributed by atoms with E-state index in [1.807, 2.05) is 0 Å². The van der Waals surface area contributed by atoms with Gasteiger partial charge in [-0.05, 0) is 32.4 Å². The van der Waals surface area contributed by atoms with Crippen molar-refractivity contribution < 1.29 is 28.6 Å². The van der Waals surface area contributed by atoms with Gasteiger partial charge >= 0.3 is 17.9 Å². The Morgan fingerprint density at radius 1 is 0.697 bits per heavy atom. The number of esters is 3. The Hall–Kier alpha value is -2.89. The Bertz CT molecular complexity index is 778. The van der Waals surface area contributed by atoms with Crippen molar-refractivity contribution in [3.05, 3.63) is 48.1 Å². The van der Waals surface area contributed by atoms with Crippen LogP contribution in [0.5, 0.6) is 11.5 Å². The molecule has 0 bridgehead atoms. The second kappa shape index (κ2) is 15.8. The van der Waals surface area contributed by atoms with Crippen molar-refractivity contribution in [1.82, 2.24) is 0 Å². The molecule has 0 aliphatic heterocycles. The molecule has 0 aliphatic rings. The third kappa shape index (κ3) is 12.1. The molecule has 0 saturated heterocycles. The zero-order chi connectivity index (χ0) is 24.6. The molecule has 0 radical (unpaired) electrons. The minimum atomic E-state index is -0.650. The molecular formula is C27H38O6. The number of ether oxygens (including phenoxy) is 3. The lowest BCUT2D eigenvalue weighted by atomic mass is 10.1. The van der Waals surface area contributed by atoms with E-state index in [1.165, 1.54) is 77.0 Å². The van der Waals surface area contributed by atoms with Crippen LogP contribution >= 0.6 is 0 Å². The highest BCUT2D eigenvalue weighted by Gasteiger charge is 2.16. The highest BCUT2D eigenvalue weighted by molar-refractivity contribution is 5.93. The van der Waals surface area contributed by atoms with Gasteiger partial charge in [0.05, 0.1) is 12.2 Å². The number of carbonyl (C=O) groups excluding carboxylic acids is 3. The number of benzene rings is 1. The van der Waals surface area contributed by atoms with Crippen molar-refractivity contribution in [2.45, 2.75) is 85.0 Å². The topological polar surface area (TPSA) is 78.9 Å². The van der Waals surface area contributed by atoms with Gasteiger partial charge in [-0.3, -0.25) is 0 Å². The fraction of sp³-hybridized carbons (Fsp3) is 0.519. The number of hydrogen-bond donors (Lipinski definition) is 0. The average molecular weight is 459 g/mol. The molecule has 0 fully saturated rings. The number of rotatable bonds is 16. The Kier molecular flexibility index (Phi) is 13.5. The first kappa shape index (κ1) is 28.1. The third-order valence-corrected chi connectivity index (χ3v) is 4.96. The Labute approximate surface area is 198 Å². The van der Waals surface area contributed by atoms with Gasteiger partial charge in [-0.25, -0.2) is 14.4 Å². The van der Waals surface area contributed by atoms with E-state index in [2.05, 4.69) is 20.1 Å². The fourth-order valence-corrected chi connectivity index (χ4v) is 3.03. The maximum Gasteiger partial charge on any atom is 0.338 e.